The van der Waals surface area contributed by atoms with Crippen LogP contribution in [0.1, 0.15) is 19.4 Å². The second-order valence-corrected chi connectivity index (χ2v) is 5.04. The molecule has 0 fully saturated rings. The van der Waals surface area contributed by atoms with E-state index in [4.69, 9.17) is 0 Å². The van der Waals surface area contributed by atoms with Crippen LogP contribution in [0.15, 0.2) is 22.7 Å². The molecule has 1 aromatic rings. The van der Waals surface area contributed by atoms with Crippen LogP contribution < -0.4 is 0 Å². The Bertz CT molecular complexity index is 325. The Balaban J connectivity index is 2.82. The number of halogens is 2. The molecule has 0 amide bonds. The van der Waals surface area contributed by atoms with E-state index in [1.807, 2.05) is 13.8 Å². The van der Waals surface area contributed by atoms with E-state index in [0.717, 1.165) is 4.47 Å². The lowest BCUT2D eigenvalue weighted by atomic mass is 9.90. The summed E-state index contributed by atoms with van der Waals surface area (Å²) in [6, 6.07) is 4.91. The van der Waals surface area contributed by atoms with E-state index in [1.165, 1.54) is 6.07 Å². The summed E-state index contributed by atoms with van der Waals surface area (Å²) in [6.07, 6.45) is 0.583. The van der Waals surface area contributed by atoms with Crippen LogP contribution in [-0.4, -0.2) is 11.7 Å². The van der Waals surface area contributed by atoms with Crippen molar-refractivity contribution in [3.05, 3.63) is 34.1 Å². The molecule has 0 aliphatic rings. The van der Waals surface area contributed by atoms with Gasteiger partial charge in [-0.2, -0.15) is 0 Å². The maximum absolute atomic E-state index is 13.4. The summed E-state index contributed by atoms with van der Waals surface area (Å²) in [4.78, 5) is 0. The molecule has 1 unspecified atom stereocenters. The lowest BCUT2D eigenvalue weighted by Crippen LogP contribution is -2.16. The molecular weight excluding hydrogens is 259 g/mol. The molecule has 1 nitrogen and oxygen atoms in total. The first kappa shape index (κ1) is 12.7. The predicted octanol–water partition coefficient (Wildman–Crippen LogP) is 3.40. The van der Waals surface area contributed by atoms with Crippen molar-refractivity contribution in [1.29, 1.82) is 0 Å². The molecular formula is C12H16BrFO. The number of hydrogen-bond donors (Lipinski definition) is 1. The number of aliphatic hydroxyl groups is 1. The van der Waals surface area contributed by atoms with Crippen molar-refractivity contribution in [2.24, 2.45) is 11.8 Å². The van der Waals surface area contributed by atoms with Crippen molar-refractivity contribution in [3.63, 3.8) is 0 Å². The van der Waals surface area contributed by atoms with E-state index in [1.54, 1.807) is 12.1 Å². The van der Waals surface area contributed by atoms with Crippen molar-refractivity contribution < 1.29 is 9.50 Å². The Kier molecular flexibility index (Phi) is 4.74. The molecule has 1 atom stereocenters. The van der Waals surface area contributed by atoms with Crippen molar-refractivity contribution in [2.75, 3.05) is 6.61 Å². The SMILES string of the molecule is CC(C)C(CO)Cc1cc(Br)ccc1F. The molecule has 15 heavy (non-hydrogen) atoms. The summed E-state index contributed by atoms with van der Waals surface area (Å²) in [6.45, 7) is 4.18. The van der Waals surface area contributed by atoms with Crippen molar-refractivity contribution in [2.45, 2.75) is 20.3 Å². The minimum absolute atomic E-state index is 0.101. The van der Waals surface area contributed by atoms with Crippen LogP contribution in [0, 0.1) is 17.7 Å². The van der Waals surface area contributed by atoms with Gasteiger partial charge < -0.3 is 5.11 Å². The number of benzene rings is 1. The topological polar surface area (TPSA) is 20.2 Å². The van der Waals surface area contributed by atoms with Crippen molar-refractivity contribution in [3.8, 4) is 0 Å². The average molecular weight is 275 g/mol. The molecule has 0 aliphatic carbocycles. The van der Waals surface area contributed by atoms with Gasteiger partial charge in [0.05, 0.1) is 0 Å². The smallest absolute Gasteiger partial charge is 0.126 e. The Morgan fingerprint density at radius 2 is 2.07 bits per heavy atom. The summed E-state index contributed by atoms with van der Waals surface area (Å²) >= 11 is 3.32. The van der Waals surface area contributed by atoms with Gasteiger partial charge in [-0.05, 0) is 42.0 Å². The highest BCUT2D eigenvalue weighted by Gasteiger charge is 2.15. The number of hydrogen-bond acceptors (Lipinski definition) is 1. The van der Waals surface area contributed by atoms with Gasteiger partial charge in [-0.1, -0.05) is 29.8 Å². The van der Waals surface area contributed by atoms with E-state index in [9.17, 15) is 9.50 Å². The minimum Gasteiger partial charge on any atom is -0.396 e. The van der Waals surface area contributed by atoms with E-state index >= 15 is 0 Å². The standard InChI is InChI=1S/C12H16BrFO/c1-8(2)10(7-15)5-9-6-11(13)3-4-12(9)14/h3-4,6,8,10,15H,5,7H2,1-2H3. The van der Waals surface area contributed by atoms with Gasteiger partial charge in [-0.15, -0.1) is 0 Å². The number of rotatable bonds is 4. The third kappa shape index (κ3) is 3.58. The van der Waals surface area contributed by atoms with E-state index in [2.05, 4.69) is 15.9 Å². The summed E-state index contributed by atoms with van der Waals surface area (Å²) < 4.78 is 14.3. The van der Waals surface area contributed by atoms with Crippen LogP contribution in [0.3, 0.4) is 0 Å². The predicted molar refractivity (Wildman–Crippen MR) is 63.2 cm³/mol. The zero-order valence-corrected chi connectivity index (χ0v) is 10.6. The zero-order valence-electron chi connectivity index (χ0n) is 9.00. The summed E-state index contributed by atoms with van der Waals surface area (Å²) in [7, 11) is 0. The maximum Gasteiger partial charge on any atom is 0.126 e. The lowest BCUT2D eigenvalue weighted by Gasteiger charge is -2.18. The monoisotopic (exact) mass is 274 g/mol. The van der Waals surface area contributed by atoms with E-state index in [-0.39, 0.29) is 18.3 Å². The summed E-state index contributed by atoms with van der Waals surface area (Å²) in [5.74, 6) is 0.277. The van der Waals surface area contributed by atoms with Gasteiger partial charge in [0.1, 0.15) is 5.82 Å². The maximum atomic E-state index is 13.4. The molecule has 1 N–H and O–H groups in total. The number of aliphatic hydroxyl groups excluding tert-OH is 1. The molecule has 84 valence electrons. The first-order valence-corrected chi connectivity index (χ1v) is 5.88. The van der Waals surface area contributed by atoms with E-state index in [0.29, 0.717) is 17.9 Å². The molecule has 1 aromatic carbocycles. The Morgan fingerprint density at radius 1 is 1.40 bits per heavy atom. The normalized spacial score (nSPS) is 13.2. The lowest BCUT2D eigenvalue weighted by molar-refractivity contribution is 0.188. The zero-order chi connectivity index (χ0) is 11.4. The van der Waals surface area contributed by atoms with Gasteiger partial charge >= 0.3 is 0 Å². The molecule has 0 bridgehead atoms. The molecule has 1 rings (SSSR count). The molecule has 0 saturated heterocycles. The molecule has 0 heterocycles. The van der Waals surface area contributed by atoms with Gasteiger partial charge in [-0.25, -0.2) is 4.39 Å². The molecule has 0 aliphatic heterocycles. The fourth-order valence-corrected chi connectivity index (χ4v) is 1.90. The van der Waals surface area contributed by atoms with Gasteiger partial charge in [-0.3, -0.25) is 0 Å². The summed E-state index contributed by atoms with van der Waals surface area (Å²) in [5, 5.41) is 9.18. The molecule has 0 spiro atoms. The highest BCUT2D eigenvalue weighted by atomic mass is 79.9. The third-order valence-electron chi connectivity index (χ3n) is 2.67. The van der Waals surface area contributed by atoms with Gasteiger partial charge in [0, 0.05) is 11.1 Å². The van der Waals surface area contributed by atoms with Gasteiger partial charge in [0.15, 0.2) is 0 Å². The fraction of sp³-hybridized carbons (Fsp3) is 0.500. The Labute approximate surface area is 98.4 Å². The minimum atomic E-state index is -0.197. The van der Waals surface area contributed by atoms with Crippen LogP contribution in [-0.2, 0) is 6.42 Å². The van der Waals surface area contributed by atoms with Gasteiger partial charge in [0.2, 0.25) is 0 Å². The fourth-order valence-electron chi connectivity index (χ4n) is 1.49. The van der Waals surface area contributed by atoms with Crippen LogP contribution in [0.5, 0.6) is 0 Å². The van der Waals surface area contributed by atoms with Crippen molar-refractivity contribution in [1.82, 2.24) is 0 Å². The van der Waals surface area contributed by atoms with Gasteiger partial charge in [0.25, 0.3) is 0 Å². The van der Waals surface area contributed by atoms with Crippen LogP contribution in [0.25, 0.3) is 0 Å². The first-order chi connectivity index (χ1) is 7.04. The highest BCUT2D eigenvalue weighted by Crippen LogP contribution is 2.21. The second kappa shape index (κ2) is 5.61. The van der Waals surface area contributed by atoms with Crippen LogP contribution in [0.4, 0.5) is 4.39 Å². The third-order valence-corrected chi connectivity index (χ3v) is 3.16. The highest BCUT2D eigenvalue weighted by molar-refractivity contribution is 9.10. The van der Waals surface area contributed by atoms with E-state index < -0.39 is 0 Å². The first-order valence-electron chi connectivity index (χ1n) is 5.09. The largest absolute Gasteiger partial charge is 0.396 e. The second-order valence-electron chi connectivity index (χ2n) is 4.13. The quantitative estimate of drug-likeness (QED) is 0.893. The molecule has 0 saturated carbocycles. The van der Waals surface area contributed by atoms with Crippen LogP contribution in [0.2, 0.25) is 0 Å². The Morgan fingerprint density at radius 3 is 2.60 bits per heavy atom. The molecule has 0 radical (unpaired) electrons. The molecule has 3 heteroatoms. The molecule has 0 aromatic heterocycles. The summed E-state index contributed by atoms with van der Waals surface area (Å²) in [5.41, 5.74) is 0.664. The Hall–Kier alpha value is -0.410. The van der Waals surface area contributed by atoms with Crippen molar-refractivity contribution >= 4 is 15.9 Å². The average Bonchev–Trinajstić information content (AvgIpc) is 2.18. The van der Waals surface area contributed by atoms with Crippen LogP contribution >= 0.6 is 15.9 Å².